The van der Waals surface area contributed by atoms with Gasteiger partial charge in [-0.15, -0.1) is 5.10 Å². The molecule has 3 heterocycles. The number of rotatable bonds is 7. The summed E-state index contributed by atoms with van der Waals surface area (Å²) in [6.07, 6.45) is 1.81. The fraction of sp³-hybridized carbons (Fsp3) is 0.280. The Morgan fingerprint density at radius 1 is 0.941 bits per heavy atom. The maximum Gasteiger partial charge on any atom is 0.174 e. The standard InChI is InChI=1S/C25H27N7O2/c1-34-22-11-5-19(6-12-22)18-32-25(27-28-29-32)24(23-4-2-3-13-26-23)31-16-14-30(15-17-31)20-7-9-21(33)10-8-20/h2-13,24,33H,14-18H2,1H3/t24-/m0/s1. The van der Waals surface area contributed by atoms with Crippen LogP contribution in [0.5, 0.6) is 11.5 Å². The molecule has 2 aromatic carbocycles. The Bertz CT molecular complexity index is 1190. The number of nitrogens with zero attached hydrogens (tertiary/aromatic N) is 7. The third-order valence-corrected chi connectivity index (χ3v) is 6.16. The van der Waals surface area contributed by atoms with Gasteiger partial charge in [-0.1, -0.05) is 18.2 Å². The highest BCUT2D eigenvalue weighted by Crippen LogP contribution is 2.28. The van der Waals surface area contributed by atoms with Crippen molar-refractivity contribution in [1.82, 2.24) is 30.1 Å². The molecule has 34 heavy (non-hydrogen) atoms. The van der Waals surface area contributed by atoms with Crippen molar-refractivity contribution in [1.29, 1.82) is 0 Å². The summed E-state index contributed by atoms with van der Waals surface area (Å²) in [6, 6.07) is 21.1. The van der Waals surface area contributed by atoms with Gasteiger partial charge in [0, 0.05) is 38.1 Å². The molecule has 5 rings (SSSR count). The average Bonchev–Trinajstić information content (AvgIpc) is 3.34. The molecule has 4 aromatic rings. The number of phenols is 1. The van der Waals surface area contributed by atoms with Gasteiger partial charge in [-0.05, 0) is 64.5 Å². The molecule has 9 heteroatoms. The molecule has 1 atom stereocenters. The Morgan fingerprint density at radius 2 is 1.71 bits per heavy atom. The minimum atomic E-state index is -0.156. The Hall–Kier alpha value is -3.98. The smallest absolute Gasteiger partial charge is 0.174 e. The van der Waals surface area contributed by atoms with Gasteiger partial charge in [0.2, 0.25) is 0 Å². The van der Waals surface area contributed by atoms with Gasteiger partial charge >= 0.3 is 0 Å². The number of anilines is 1. The molecule has 1 fully saturated rings. The second kappa shape index (κ2) is 9.88. The molecular weight excluding hydrogens is 430 g/mol. The molecule has 1 saturated heterocycles. The summed E-state index contributed by atoms with van der Waals surface area (Å²) in [5.74, 6) is 1.87. The maximum absolute atomic E-state index is 9.60. The van der Waals surface area contributed by atoms with Gasteiger partial charge in [-0.2, -0.15) is 0 Å². The van der Waals surface area contributed by atoms with Crippen LogP contribution in [0.25, 0.3) is 0 Å². The first-order chi connectivity index (χ1) is 16.7. The fourth-order valence-electron chi connectivity index (χ4n) is 4.35. The zero-order valence-corrected chi connectivity index (χ0v) is 19.0. The highest BCUT2D eigenvalue weighted by Gasteiger charge is 2.31. The van der Waals surface area contributed by atoms with E-state index in [0.717, 1.165) is 54.7 Å². The van der Waals surface area contributed by atoms with Crippen LogP contribution in [-0.4, -0.2) is 68.5 Å². The molecule has 1 aliphatic rings. The van der Waals surface area contributed by atoms with Crippen LogP contribution in [0.3, 0.4) is 0 Å². The zero-order valence-electron chi connectivity index (χ0n) is 19.0. The fourth-order valence-corrected chi connectivity index (χ4v) is 4.35. The highest BCUT2D eigenvalue weighted by atomic mass is 16.5. The number of piperazine rings is 1. The Labute approximate surface area is 198 Å². The summed E-state index contributed by atoms with van der Waals surface area (Å²) < 4.78 is 7.13. The topological polar surface area (TPSA) is 92.4 Å². The lowest BCUT2D eigenvalue weighted by atomic mass is 10.1. The van der Waals surface area contributed by atoms with Crippen LogP contribution in [0, 0.1) is 0 Å². The first-order valence-corrected chi connectivity index (χ1v) is 11.3. The first kappa shape index (κ1) is 21.8. The minimum Gasteiger partial charge on any atom is -0.508 e. The molecule has 0 bridgehead atoms. The van der Waals surface area contributed by atoms with E-state index < -0.39 is 0 Å². The summed E-state index contributed by atoms with van der Waals surface area (Å²) >= 11 is 0. The van der Waals surface area contributed by atoms with Gasteiger partial charge in [0.25, 0.3) is 0 Å². The molecule has 1 N–H and O–H groups in total. The van der Waals surface area contributed by atoms with Crippen molar-refractivity contribution in [2.75, 3.05) is 38.2 Å². The SMILES string of the molecule is COc1ccc(Cn2nnnc2[C@H](c2ccccn2)N2CCN(c3ccc(O)cc3)CC2)cc1. The number of hydrogen-bond acceptors (Lipinski definition) is 8. The van der Waals surface area contributed by atoms with Crippen LogP contribution >= 0.6 is 0 Å². The molecule has 0 radical (unpaired) electrons. The number of benzene rings is 2. The van der Waals surface area contributed by atoms with Crippen LogP contribution in [-0.2, 0) is 6.54 Å². The highest BCUT2D eigenvalue weighted by molar-refractivity contribution is 5.49. The van der Waals surface area contributed by atoms with Crippen LogP contribution < -0.4 is 9.64 Å². The van der Waals surface area contributed by atoms with E-state index in [2.05, 4.69) is 30.3 Å². The molecule has 0 saturated carbocycles. The number of tetrazole rings is 1. The molecule has 0 amide bonds. The van der Waals surface area contributed by atoms with E-state index in [0.29, 0.717) is 6.54 Å². The summed E-state index contributed by atoms with van der Waals surface area (Å²) in [6.45, 7) is 3.93. The molecule has 1 aliphatic heterocycles. The maximum atomic E-state index is 9.60. The van der Waals surface area contributed by atoms with Crippen molar-refractivity contribution in [2.24, 2.45) is 0 Å². The summed E-state index contributed by atoms with van der Waals surface area (Å²) in [4.78, 5) is 9.37. The molecule has 0 unspecified atom stereocenters. The third-order valence-electron chi connectivity index (χ3n) is 6.16. The molecule has 174 valence electrons. The van der Waals surface area contributed by atoms with E-state index in [1.807, 2.05) is 65.5 Å². The second-order valence-corrected chi connectivity index (χ2v) is 8.24. The predicted octanol–water partition coefficient (Wildman–Crippen LogP) is 2.74. The van der Waals surface area contributed by atoms with Crippen molar-refractivity contribution in [2.45, 2.75) is 12.6 Å². The quantitative estimate of drug-likeness (QED) is 0.453. The largest absolute Gasteiger partial charge is 0.508 e. The van der Waals surface area contributed by atoms with Crippen LogP contribution in [0.2, 0.25) is 0 Å². The zero-order chi connectivity index (χ0) is 23.3. The van der Waals surface area contributed by atoms with Gasteiger partial charge in [0.1, 0.15) is 17.5 Å². The number of aromatic nitrogens is 5. The molecule has 0 spiro atoms. The van der Waals surface area contributed by atoms with Crippen LogP contribution in [0.15, 0.2) is 72.9 Å². The first-order valence-electron chi connectivity index (χ1n) is 11.3. The van der Waals surface area contributed by atoms with Crippen LogP contribution in [0.4, 0.5) is 5.69 Å². The lowest BCUT2D eigenvalue weighted by Gasteiger charge is -2.39. The van der Waals surface area contributed by atoms with Crippen LogP contribution in [0.1, 0.15) is 23.1 Å². The number of methoxy groups -OCH3 is 1. The predicted molar refractivity (Wildman–Crippen MR) is 128 cm³/mol. The summed E-state index contributed by atoms with van der Waals surface area (Å²) in [5.41, 5.74) is 3.12. The molecular formula is C25H27N7O2. The third kappa shape index (κ3) is 4.69. The van der Waals surface area contributed by atoms with Gasteiger partial charge in [0.05, 0.1) is 19.3 Å². The monoisotopic (exact) mass is 457 g/mol. The van der Waals surface area contributed by atoms with E-state index in [9.17, 15) is 5.11 Å². The number of ether oxygens (including phenoxy) is 1. The molecule has 2 aromatic heterocycles. The lowest BCUT2D eigenvalue weighted by molar-refractivity contribution is 0.198. The lowest BCUT2D eigenvalue weighted by Crippen LogP contribution is -2.48. The van der Waals surface area contributed by atoms with Crippen molar-refractivity contribution >= 4 is 5.69 Å². The number of aromatic hydroxyl groups is 1. The number of pyridine rings is 1. The Balaban J connectivity index is 1.39. The Kier molecular flexibility index (Phi) is 6.35. The Morgan fingerprint density at radius 3 is 2.38 bits per heavy atom. The van der Waals surface area contributed by atoms with E-state index in [4.69, 9.17) is 4.74 Å². The van der Waals surface area contributed by atoms with Gasteiger partial charge in [0.15, 0.2) is 5.82 Å². The van der Waals surface area contributed by atoms with Gasteiger partial charge in [-0.25, -0.2) is 4.68 Å². The van der Waals surface area contributed by atoms with E-state index in [-0.39, 0.29) is 11.8 Å². The summed E-state index contributed by atoms with van der Waals surface area (Å²) in [7, 11) is 1.66. The number of phenolic OH excluding ortho intramolecular Hbond substituents is 1. The van der Waals surface area contributed by atoms with Crippen molar-refractivity contribution < 1.29 is 9.84 Å². The van der Waals surface area contributed by atoms with E-state index in [1.54, 1.807) is 19.2 Å². The van der Waals surface area contributed by atoms with Gasteiger partial charge in [-0.3, -0.25) is 9.88 Å². The minimum absolute atomic E-state index is 0.156. The molecule has 9 nitrogen and oxygen atoms in total. The normalized spacial score (nSPS) is 15.3. The van der Waals surface area contributed by atoms with E-state index in [1.165, 1.54) is 0 Å². The van der Waals surface area contributed by atoms with Crippen molar-refractivity contribution in [3.63, 3.8) is 0 Å². The van der Waals surface area contributed by atoms with E-state index >= 15 is 0 Å². The second-order valence-electron chi connectivity index (χ2n) is 8.24. The molecule has 0 aliphatic carbocycles. The van der Waals surface area contributed by atoms with Crippen molar-refractivity contribution in [3.8, 4) is 11.5 Å². The van der Waals surface area contributed by atoms with Crippen molar-refractivity contribution in [3.05, 3.63) is 90.0 Å². The average molecular weight is 458 g/mol. The van der Waals surface area contributed by atoms with Gasteiger partial charge < -0.3 is 14.7 Å². The number of hydrogen-bond donors (Lipinski definition) is 1. The summed E-state index contributed by atoms with van der Waals surface area (Å²) in [5, 5.41) is 22.4.